The minimum atomic E-state index is -4.24. The second-order valence-corrected chi connectivity index (χ2v) is 16.7. The van der Waals surface area contributed by atoms with E-state index in [1.165, 1.54) is 29.9 Å². The number of nitrogens with one attached hydrogen (secondary N) is 3. The molecule has 2 aromatic rings. The number of carboxylic acid groups (broad SMARTS) is 1. The lowest BCUT2D eigenvalue weighted by molar-refractivity contribution is -0.228. The Bertz CT molecular complexity index is 2130. The second kappa shape index (κ2) is 21.4. The molecule has 1 fully saturated rings. The number of aryl methyl sites for hydroxylation is 2. The summed E-state index contributed by atoms with van der Waals surface area (Å²) in [7, 11) is -4.24. The summed E-state index contributed by atoms with van der Waals surface area (Å²) in [6, 6.07) is 0.928. The summed E-state index contributed by atoms with van der Waals surface area (Å²) >= 11 is 0. The Morgan fingerprint density at radius 2 is 1.63 bits per heavy atom. The molecule has 0 radical (unpaired) electrons. The topological polar surface area (TPSA) is 343 Å². The molecule has 340 valence electrons. The van der Waals surface area contributed by atoms with Crippen LogP contribution in [0.15, 0.2) is 36.5 Å². The van der Waals surface area contributed by atoms with Crippen LogP contribution in [0.3, 0.4) is 0 Å². The average Bonchev–Trinajstić information content (AvgIpc) is 3.81. The normalized spacial score (nSPS) is 21.6. The molecule has 62 heavy (non-hydrogen) atoms. The van der Waals surface area contributed by atoms with Crippen LogP contribution in [0.25, 0.3) is 0 Å². The molecule has 1 aromatic heterocycles. The van der Waals surface area contributed by atoms with Crippen molar-refractivity contribution in [1.82, 2.24) is 30.5 Å². The van der Waals surface area contributed by atoms with E-state index in [0.29, 0.717) is 11.1 Å². The van der Waals surface area contributed by atoms with Crippen molar-refractivity contribution in [3.05, 3.63) is 53.4 Å². The van der Waals surface area contributed by atoms with E-state index < -0.39 is 118 Å². The van der Waals surface area contributed by atoms with Gasteiger partial charge in [-0.3, -0.25) is 42.9 Å². The third kappa shape index (κ3) is 13.2. The van der Waals surface area contributed by atoms with Gasteiger partial charge in [-0.15, -0.1) is 5.10 Å². The van der Waals surface area contributed by atoms with Crippen molar-refractivity contribution < 1.29 is 76.4 Å². The highest BCUT2D eigenvalue weighted by Gasteiger charge is 2.46. The standard InChI is InChI=1S/C38H51N7O16S/c1-5-30(49)60-18-22-7-9-23(15-21(22)8-10-26-32(50)33(51)34(52)35(61-26)38(55)56)40-36(53)20(4)39-37(54)31(19(2)3)41-27(46)16-25(45-28(47)11-12-29(45)48)24-17-44(43-42-24)13-6-14-62(57,58)59/h7,9,11-12,15,17,19-20,25-26,31-35,50-52H,5-6,8,10,13-14,16,18H2,1-4H3,(H,39,54)(H,40,53)(H,41,46)(H,55,56)(H,57,58,59)/t20-,25-,26-,31-,32-,33+,34-,35-/m0/s1. The van der Waals surface area contributed by atoms with Crippen molar-refractivity contribution in [2.24, 2.45) is 5.92 Å². The molecule has 4 rings (SSSR count). The molecule has 8 N–H and O–H groups in total. The van der Waals surface area contributed by atoms with Crippen LogP contribution in [0.2, 0.25) is 0 Å². The number of imide groups is 1. The van der Waals surface area contributed by atoms with Gasteiger partial charge in [0.05, 0.1) is 30.5 Å². The molecule has 1 saturated heterocycles. The number of carbonyl (C=O) groups excluding carboxylic acids is 6. The third-order valence-corrected chi connectivity index (χ3v) is 10.8. The fourth-order valence-electron chi connectivity index (χ4n) is 6.62. The highest BCUT2D eigenvalue weighted by atomic mass is 32.2. The number of esters is 1. The third-order valence-electron chi connectivity index (χ3n) is 10.0. The number of aromatic nitrogens is 3. The van der Waals surface area contributed by atoms with Crippen LogP contribution < -0.4 is 16.0 Å². The van der Waals surface area contributed by atoms with Crippen LogP contribution in [0.4, 0.5) is 5.69 Å². The maximum absolute atomic E-state index is 13.5. The van der Waals surface area contributed by atoms with Crippen molar-refractivity contribution in [3.8, 4) is 0 Å². The lowest BCUT2D eigenvalue weighted by Gasteiger charge is -2.39. The van der Waals surface area contributed by atoms with E-state index in [0.717, 1.165) is 17.1 Å². The molecular weight excluding hydrogens is 843 g/mol. The maximum atomic E-state index is 13.5. The Balaban J connectivity index is 1.43. The number of anilines is 1. The number of nitrogens with zero attached hydrogens (tertiary/aromatic N) is 4. The average molecular weight is 894 g/mol. The molecule has 23 nitrogen and oxygen atoms in total. The van der Waals surface area contributed by atoms with Crippen LogP contribution in [0.5, 0.6) is 0 Å². The van der Waals surface area contributed by atoms with Crippen LogP contribution >= 0.6 is 0 Å². The number of carboxylic acids is 1. The fraction of sp³-hybridized carbons (Fsp3) is 0.553. The molecule has 0 aliphatic carbocycles. The monoisotopic (exact) mass is 893 g/mol. The molecule has 0 spiro atoms. The smallest absolute Gasteiger partial charge is 0.335 e. The zero-order valence-corrected chi connectivity index (χ0v) is 35.1. The number of carbonyl (C=O) groups is 7. The summed E-state index contributed by atoms with van der Waals surface area (Å²) < 4.78 is 43.1. The van der Waals surface area contributed by atoms with Gasteiger partial charge in [-0.25, -0.2) is 4.79 Å². The SMILES string of the molecule is CCC(=O)OCc1ccc(NC(=O)[C@H](C)NC(=O)[C@@H](NC(=O)C[C@@H](c2cn(CCCS(=O)(=O)O)nn2)N2C(=O)C=CC2=O)C(C)C)cc1CC[C@@H]1O[C@H](C(=O)O)[C@@H](O)[C@H](O)[C@H]1O. The molecule has 24 heteroatoms. The van der Waals surface area contributed by atoms with Crippen LogP contribution in [-0.4, -0.2) is 143 Å². The number of hydrogen-bond donors (Lipinski definition) is 8. The van der Waals surface area contributed by atoms with E-state index in [1.54, 1.807) is 26.8 Å². The van der Waals surface area contributed by atoms with E-state index in [-0.39, 0.29) is 50.2 Å². The van der Waals surface area contributed by atoms with Gasteiger partial charge in [0.15, 0.2) is 6.10 Å². The van der Waals surface area contributed by atoms with Crippen LogP contribution in [-0.2, 0) is 72.7 Å². The molecular formula is C38H51N7O16S. The Morgan fingerprint density at radius 1 is 0.952 bits per heavy atom. The van der Waals surface area contributed by atoms with Crippen molar-refractivity contribution in [2.45, 2.75) is 122 Å². The van der Waals surface area contributed by atoms with Crippen molar-refractivity contribution >= 4 is 57.3 Å². The summed E-state index contributed by atoms with van der Waals surface area (Å²) in [6.45, 7) is 6.08. The first kappa shape index (κ1) is 49.0. The van der Waals surface area contributed by atoms with Gasteiger partial charge in [-0.05, 0) is 55.4 Å². The van der Waals surface area contributed by atoms with Crippen LogP contribution in [0, 0.1) is 5.92 Å². The predicted octanol–water partition coefficient (Wildman–Crippen LogP) is -1.48. The highest BCUT2D eigenvalue weighted by molar-refractivity contribution is 7.85. The number of benzene rings is 1. The molecule has 5 amide bonds. The maximum Gasteiger partial charge on any atom is 0.335 e. The number of rotatable bonds is 21. The minimum Gasteiger partial charge on any atom is -0.479 e. The number of hydrogen-bond acceptors (Lipinski definition) is 16. The van der Waals surface area contributed by atoms with Gasteiger partial charge in [0.1, 0.15) is 42.7 Å². The molecule has 2 aliphatic heterocycles. The summed E-state index contributed by atoms with van der Waals surface area (Å²) in [5.74, 6) is -6.81. The first-order valence-corrected chi connectivity index (χ1v) is 21.2. The Kier molecular flexibility index (Phi) is 16.9. The van der Waals surface area contributed by atoms with E-state index in [1.807, 2.05) is 0 Å². The van der Waals surface area contributed by atoms with Gasteiger partial charge in [-0.1, -0.05) is 32.1 Å². The summed E-state index contributed by atoms with van der Waals surface area (Å²) in [5.41, 5.74) is 1.23. The largest absolute Gasteiger partial charge is 0.479 e. The van der Waals surface area contributed by atoms with E-state index in [4.69, 9.17) is 14.0 Å². The van der Waals surface area contributed by atoms with Gasteiger partial charge < -0.3 is 45.9 Å². The van der Waals surface area contributed by atoms with Crippen LogP contribution in [0.1, 0.15) is 76.2 Å². The summed E-state index contributed by atoms with van der Waals surface area (Å²) in [6.07, 6.45) is -5.49. The second-order valence-electron chi connectivity index (χ2n) is 15.1. The lowest BCUT2D eigenvalue weighted by atomic mass is 9.91. The molecule has 2 aliphatic rings. The summed E-state index contributed by atoms with van der Waals surface area (Å²) in [5, 5.41) is 55.9. The van der Waals surface area contributed by atoms with E-state index in [2.05, 4.69) is 26.3 Å². The predicted molar refractivity (Wildman–Crippen MR) is 212 cm³/mol. The highest BCUT2D eigenvalue weighted by Crippen LogP contribution is 2.28. The van der Waals surface area contributed by atoms with E-state index >= 15 is 0 Å². The van der Waals surface area contributed by atoms with Gasteiger partial charge in [0.25, 0.3) is 21.9 Å². The number of ether oxygens (including phenoxy) is 2. The zero-order valence-electron chi connectivity index (χ0n) is 34.2. The lowest BCUT2D eigenvalue weighted by Crippen LogP contribution is -2.59. The number of aliphatic hydroxyl groups is 3. The van der Waals surface area contributed by atoms with Gasteiger partial charge >= 0.3 is 11.9 Å². The zero-order chi connectivity index (χ0) is 46.1. The Hall–Kier alpha value is -5.66. The Labute approximate surface area is 355 Å². The Morgan fingerprint density at radius 3 is 2.24 bits per heavy atom. The van der Waals surface area contributed by atoms with Crippen molar-refractivity contribution in [3.63, 3.8) is 0 Å². The molecule has 8 atom stereocenters. The number of amides is 5. The quantitative estimate of drug-likeness (QED) is 0.0402. The van der Waals surface area contributed by atoms with Gasteiger partial charge in [0.2, 0.25) is 17.7 Å². The molecule has 3 heterocycles. The van der Waals surface area contributed by atoms with Gasteiger partial charge in [-0.2, -0.15) is 8.42 Å². The minimum absolute atomic E-state index is 0.00848. The number of aliphatic hydroxyl groups excluding tert-OH is 3. The van der Waals surface area contributed by atoms with Crippen molar-refractivity contribution in [1.29, 1.82) is 0 Å². The summed E-state index contributed by atoms with van der Waals surface area (Å²) in [4.78, 5) is 90.0. The fourth-order valence-corrected chi connectivity index (χ4v) is 7.12. The molecule has 0 unspecified atom stereocenters. The molecule has 0 saturated carbocycles. The number of aliphatic carboxylic acids is 1. The first-order chi connectivity index (χ1) is 29.1. The van der Waals surface area contributed by atoms with Crippen molar-refractivity contribution in [2.75, 3.05) is 11.1 Å². The molecule has 1 aromatic carbocycles. The first-order valence-electron chi connectivity index (χ1n) is 19.6. The van der Waals surface area contributed by atoms with Gasteiger partial charge in [0, 0.05) is 30.8 Å². The van der Waals surface area contributed by atoms with E-state index in [9.17, 15) is 62.4 Å². The molecule has 0 bridgehead atoms.